The van der Waals surface area contributed by atoms with Crippen LogP contribution in [0.15, 0.2) is 35.0 Å². The molecule has 1 N–H and O–H groups in total. The highest BCUT2D eigenvalue weighted by atomic mass is 32.1. The second kappa shape index (κ2) is 5.34. The van der Waals surface area contributed by atoms with Crippen LogP contribution in [0.4, 0.5) is 0 Å². The molecule has 0 aliphatic heterocycles. The summed E-state index contributed by atoms with van der Waals surface area (Å²) in [7, 11) is 3.69. The zero-order chi connectivity index (χ0) is 12.3. The molecule has 0 saturated heterocycles. The van der Waals surface area contributed by atoms with Crippen molar-refractivity contribution in [2.75, 3.05) is 14.2 Å². The molecule has 2 rings (SSSR count). The van der Waals surface area contributed by atoms with Crippen LogP contribution in [0.1, 0.15) is 22.7 Å². The number of hydrogen-bond donors (Lipinski definition) is 1. The van der Waals surface area contributed by atoms with Crippen molar-refractivity contribution in [3.05, 3.63) is 51.7 Å². The highest BCUT2D eigenvalue weighted by Gasteiger charge is 2.16. The third-order valence-corrected chi connectivity index (χ3v) is 3.56. The molecule has 1 aromatic heterocycles. The average Bonchev–Trinajstić information content (AvgIpc) is 2.84. The maximum atomic E-state index is 5.44. The van der Waals surface area contributed by atoms with Gasteiger partial charge in [-0.2, -0.15) is 11.3 Å². The second-order valence-electron chi connectivity index (χ2n) is 4.02. The largest absolute Gasteiger partial charge is 0.496 e. The Bertz CT molecular complexity index is 479. The zero-order valence-electron chi connectivity index (χ0n) is 10.4. The lowest BCUT2D eigenvalue weighted by molar-refractivity contribution is 0.405. The molecule has 0 saturated carbocycles. The molecule has 2 nitrogen and oxygen atoms in total. The first-order valence-corrected chi connectivity index (χ1v) is 6.54. The normalized spacial score (nSPS) is 12.4. The highest BCUT2D eigenvalue weighted by molar-refractivity contribution is 7.08. The van der Waals surface area contributed by atoms with E-state index in [1.807, 2.05) is 13.1 Å². The van der Waals surface area contributed by atoms with Gasteiger partial charge in [-0.25, -0.2) is 0 Å². The van der Waals surface area contributed by atoms with Gasteiger partial charge in [0.05, 0.1) is 13.2 Å². The van der Waals surface area contributed by atoms with Crippen molar-refractivity contribution in [2.24, 2.45) is 0 Å². The lowest BCUT2D eigenvalue weighted by atomic mass is 9.98. The minimum absolute atomic E-state index is 0.191. The Morgan fingerprint density at radius 3 is 2.71 bits per heavy atom. The van der Waals surface area contributed by atoms with E-state index in [-0.39, 0.29) is 6.04 Å². The molecular weight excluding hydrogens is 230 g/mol. The van der Waals surface area contributed by atoms with Crippen LogP contribution in [-0.4, -0.2) is 14.2 Å². The fraction of sp³-hybridized carbons (Fsp3) is 0.286. The first-order valence-electron chi connectivity index (χ1n) is 5.60. The monoisotopic (exact) mass is 247 g/mol. The number of benzene rings is 1. The summed E-state index contributed by atoms with van der Waals surface area (Å²) in [6, 6.07) is 8.62. The van der Waals surface area contributed by atoms with Gasteiger partial charge in [-0.1, -0.05) is 17.7 Å². The van der Waals surface area contributed by atoms with Crippen LogP contribution in [-0.2, 0) is 0 Å². The fourth-order valence-electron chi connectivity index (χ4n) is 2.02. The number of methoxy groups -OCH3 is 1. The fourth-order valence-corrected chi connectivity index (χ4v) is 2.71. The minimum Gasteiger partial charge on any atom is -0.496 e. The van der Waals surface area contributed by atoms with E-state index in [1.54, 1.807) is 18.4 Å². The van der Waals surface area contributed by atoms with Crippen LogP contribution in [0, 0.1) is 6.92 Å². The van der Waals surface area contributed by atoms with E-state index in [4.69, 9.17) is 4.74 Å². The number of aryl methyl sites for hydroxylation is 1. The summed E-state index contributed by atoms with van der Waals surface area (Å²) in [5.74, 6) is 0.932. The Labute approximate surface area is 106 Å². The van der Waals surface area contributed by atoms with E-state index < -0.39 is 0 Å². The van der Waals surface area contributed by atoms with Gasteiger partial charge in [-0.05, 0) is 42.4 Å². The van der Waals surface area contributed by atoms with Crippen molar-refractivity contribution < 1.29 is 4.74 Å². The van der Waals surface area contributed by atoms with Gasteiger partial charge in [0.25, 0.3) is 0 Å². The van der Waals surface area contributed by atoms with Gasteiger partial charge in [0.1, 0.15) is 5.75 Å². The predicted molar refractivity (Wildman–Crippen MR) is 73.0 cm³/mol. The summed E-state index contributed by atoms with van der Waals surface area (Å²) in [5, 5.41) is 7.62. The molecule has 0 spiro atoms. The van der Waals surface area contributed by atoms with Crippen LogP contribution >= 0.6 is 11.3 Å². The molecule has 1 aromatic carbocycles. The van der Waals surface area contributed by atoms with E-state index in [2.05, 4.69) is 41.2 Å². The lowest BCUT2D eigenvalue weighted by Gasteiger charge is -2.19. The molecule has 0 radical (unpaired) electrons. The lowest BCUT2D eigenvalue weighted by Crippen LogP contribution is -2.17. The van der Waals surface area contributed by atoms with Crippen molar-refractivity contribution in [1.29, 1.82) is 0 Å². The van der Waals surface area contributed by atoms with Crippen molar-refractivity contribution >= 4 is 11.3 Å². The molecule has 0 bridgehead atoms. The molecule has 2 aromatic rings. The standard InChI is InChI=1S/C14H17NOS/c1-10-4-5-13(16-3)12(8-10)14(15-2)11-6-7-17-9-11/h4-9,14-15H,1-3H3. The highest BCUT2D eigenvalue weighted by Crippen LogP contribution is 2.31. The van der Waals surface area contributed by atoms with Crippen LogP contribution in [0.25, 0.3) is 0 Å². The number of nitrogens with one attached hydrogen (secondary N) is 1. The van der Waals surface area contributed by atoms with Gasteiger partial charge >= 0.3 is 0 Å². The third kappa shape index (κ3) is 2.51. The average molecular weight is 247 g/mol. The van der Waals surface area contributed by atoms with Gasteiger partial charge in [0.15, 0.2) is 0 Å². The molecule has 90 valence electrons. The summed E-state index contributed by atoms with van der Waals surface area (Å²) >= 11 is 1.71. The molecule has 1 atom stereocenters. The SMILES string of the molecule is CNC(c1ccsc1)c1cc(C)ccc1OC. The zero-order valence-corrected chi connectivity index (χ0v) is 11.2. The molecule has 0 fully saturated rings. The van der Waals surface area contributed by atoms with Gasteiger partial charge in [0, 0.05) is 5.56 Å². The number of hydrogen-bond acceptors (Lipinski definition) is 3. The van der Waals surface area contributed by atoms with Crippen LogP contribution < -0.4 is 10.1 Å². The van der Waals surface area contributed by atoms with Crippen LogP contribution in [0.2, 0.25) is 0 Å². The third-order valence-electron chi connectivity index (χ3n) is 2.86. The number of ether oxygens (including phenoxy) is 1. The Morgan fingerprint density at radius 1 is 1.29 bits per heavy atom. The van der Waals surface area contributed by atoms with Crippen molar-refractivity contribution in [1.82, 2.24) is 5.32 Å². The quantitative estimate of drug-likeness (QED) is 0.894. The molecule has 3 heteroatoms. The molecule has 0 amide bonds. The summed E-state index contributed by atoms with van der Waals surface area (Å²) in [6.45, 7) is 2.10. The van der Waals surface area contributed by atoms with E-state index >= 15 is 0 Å². The molecule has 17 heavy (non-hydrogen) atoms. The summed E-state index contributed by atoms with van der Waals surface area (Å²) in [6.07, 6.45) is 0. The molecular formula is C14H17NOS. The Morgan fingerprint density at radius 2 is 2.12 bits per heavy atom. The predicted octanol–water partition coefficient (Wildman–Crippen LogP) is 3.37. The van der Waals surface area contributed by atoms with E-state index in [1.165, 1.54) is 16.7 Å². The molecule has 1 heterocycles. The topological polar surface area (TPSA) is 21.3 Å². The van der Waals surface area contributed by atoms with Gasteiger partial charge in [-0.3, -0.25) is 0 Å². The number of rotatable bonds is 4. The van der Waals surface area contributed by atoms with E-state index in [9.17, 15) is 0 Å². The van der Waals surface area contributed by atoms with Crippen LogP contribution in [0.5, 0.6) is 5.75 Å². The van der Waals surface area contributed by atoms with Crippen LogP contribution in [0.3, 0.4) is 0 Å². The van der Waals surface area contributed by atoms with E-state index in [0.29, 0.717) is 0 Å². The summed E-state index contributed by atoms with van der Waals surface area (Å²) in [4.78, 5) is 0. The maximum absolute atomic E-state index is 5.44. The first-order chi connectivity index (χ1) is 8.26. The molecule has 1 unspecified atom stereocenters. The summed E-state index contributed by atoms with van der Waals surface area (Å²) in [5.41, 5.74) is 3.71. The van der Waals surface area contributed by atoms with Crippen molar-refractivity contribution in [3.8, 4) is 5.75 Å². The number of thiophene rings is 1. The second-order valence-corrected chi connectivity index (χ2v) is 4.80. The van der Waals surface area contributed by atoms with Crippen molar-refractivity contribution in [2.45, 2.75) is 13.0 Å². The van der Waals surface area contributed by atoms with Gasteiger partial charge in [0.2, 0.25) is 0 Å². The molecule has 0 aliphatic rings. The molecule has 0 aliphatic carbocycles. The van der Waals surface area contributed by atoms with Crippen molar-refractivity contribution in [3.63, 3.8) is 0 Å². The summed E-state index contributed by atoms with van der Waals surface area (Å²) < 4.78 is 5.44. The Balaban J connectivity index is 2.46. The van der Waals surface area contributed by atoms with Gasteiger partial charge in [-0.15, -0.1) is 0 Å². The smallest absolute Gasteiger partial charge is 0.123 e. The minimum atomic E-state index is 0.191. The Hall–Kier alpha value is -1.32. The first kappa shape index (κ1) is 12.1. The maximum Gasteiger partial charge on any atom is 0.123 e. The van der Waals surface area contributed by atoms with Gasteiger partial charge < -0.3 is 10.1 Å². The van der Waals surface area contributed by atoms with E-state index in [0.717, 1.165) is 5.75 Å². The Kier molecular flexibility index (Phi) is 3.82.